The maximum Gasteiger partial charge on any atom is 0.335 e. The van der Waals surface area contributed by atoms with E-state index in [0.717, 1.165) is 0 Å². The lowest BCUT2D eigenvalue weighted by Gasteiger charge is -2.19. The van der Waals surface area contributed by atoms with Gasteiger partial charge in [-0.25, -0.2) is 4.79 Å². The van der Waals surface area contributed by atoms with Crippen LogP contribution in [0.25, 0.3) is 0 Å². The predicted molar refractivity (Wildman–Crippen MR) is 53.4 cm³/mol. The van der Waals surface area contributed by atoms with Crippen molar-refractivity contribution in [3.8, 4) is 0 Å². The van der Waals surface area contributed by atoms with Crippen LogP contribution in [0.5, 0.6) is 0 Å². The third kappa shape index (κ3) is 3.78. The third-order valence-corrected chi connectivity index (χ3v) is 1.95. The number of aliphatic carboxylic acids is 1. The summed E-state index contributed by atoms with van der Waals surface area (Å²) in [6.45, 7) is 9.29. The van der Waals surface area contributed by atoms with Gasteiger partial charge < -0.3 is 10.0 Å². The van der Waals surface area contributed by atoms with Crippen molar-refractivity contribution < 1.29 is 9.90 Å². The molecule has 13 heavy (non-hydrogen) atoms. The summed E-state index contributed by atoms with van der Waals surface area (Å²) in [4.78, 5) is 12.5. The summed E-state index contributed by atoms with van der Waals surface area (Å²) in [5.74, 6) is -0.967. The molecule has 0 fully saturated rings. The predicted octanol–water partition coefficient (Wildman–Crippen LogP) is 1.87. The molecule has 1 N–H and O–H groups in total. The Morgan fingerprint density at radius 2 is 2.00 bits per heavy atom. The summed E-state index contributed by atoms with van der Waals surface area (Å²) in [5.41, 5.74) is 0.830. The Bertz CT molecular complexity index is 241. The highest BCUT2D eigenvalue weighted by molar-refractivity contribution is 5.90. The summed E-state index contributed by atoms with van der Waals surface area (Å²) in [7, 11) is 1.91. The number of hydrogen-bond donors (Lipinski definition) is 1. The van der Waals surface area contributed by atoms with Crippen molar-refractivity contribution in [2.75, 3.05) is 7.05 Å². The highest BCUT2D eigenvalue weighted by atomic mass is 16.4. The van der Waals surface area contributed by atoms with Gasteiger partial charge in [0.15, 0.2) is 0 Å². The Balaban J connectivity index is 4.49. The smallest absolute Gasteiger partial charge is 0.335 e. The van der Waals surface area contributed by atoms with Crippen molar-refractivity contribution in [2.24, 2.45) is 0 Å². The van der Waals surface area contributed by atoms with E-state index in [4.69, 9.17) is 5.11 Å². The summed E-state index contributed by atoms with van der Waals surface area (Å²) in [6.07, 6.45) is 1.79. The number of carboxylic acid groups (broad SMARTS) is 1. The van der Waals surface area contributed by atoms with Gasteiger partial charge in [-0.1, -0.05) is 6.58 Å². The second-order valence-corrected chi connectivity index (χ2v) is 3.36. The molecule has 0 unspecified atom stereocenters. The van der Waals surface area contributed by atoms with Crippen LogP contribution >= 0.6 is 0 Å². The topological polar surface area (TPSA) is 40.5 Å². The molecule has 3 heteroatoms. The van der Waals surface area contributed by atoms with Gasteiger partial charge in [-0.05, 0) is 26.3 Å². The van der Waals surface area contributed by atoms with Crippen LogP contribution in [-0.4, -0.2) is 29.1 Å². The first-order valence-corrected chi connectivity index (χ1v) is 4.19. The van der Waals surface area contributed by atoms with Crippen molar-refractivity contribution in [3.05, 3.63) is 23.9 Å². The first kappa shape index (κ1) is 11.8. The lowest BCUT2D eigenvalue weighted by Crippen LogP contribution is -2.20. The molecule has 0 rings (SSSR count). The maximum atomic E-state index is 10.5. The van der Waals surface area contributed by atoms with E-state index in [1.807, 2.05) is 25.8 Å². The molecule has 0 saturated carbocycles. The quantitative estimate of drug-likeness (QED) is 0.534. The molecule has 3 nitrogen and oxygen atoms in total. The van der Waals surface area contributed by atoms with Gasteiger partial charge in [0.05, 0.1) is 5.57 Å². The number of carboxylic acids is 1. The zero-order valence-electron chi connectivity index (χ0n) is 8.66. The number of carbonyl (C=O) groups is 1. The molecule has 74 valence electrons. The molecule has 0 aromatic carbocycles. The second-order valence-electron chi connectivity index (χ2n) is 3.36. The molecule has 0 aromatic heterocycles. The molecule has 0 aromatic rings. The first-order valence-electron chi connectivity index (χ1n) is 4.19. The van der Waals surface area contributed by atoms with Crippen LogP contribution < -0.4 is 0 Å². The molecule has 0 saturated heterocycles. The normalized spacial score (nSPS) is 11.6. The second kappa shape index (κ2) is 4.70. The van der Waals surface area contributed by atoms with Gasteiger partial charge in [0.25, 0.3) is 0 Å². The van der Waals surface area contributed by atoms with Crippen molar-refractivity contribution in [1.82, 2.24) is 4.90 Å². The lowest BCUT2D eigenvalue weighted by atomic mass is 10.1. The van der Waals surface area contributed by atoms with E-state index in [0.29, 0.717) is 11.6 Å². The van der Waals surface area contributed by atoms with Crippen LogP contribution in [0.3, 0.4) is 0 Å². The van der Waals surface area contributed by atoms with Gasteiger partial charge in [-0.3, -0.25) is 0 Å². The van der Waals surface area contributed by atoms with E-state index in [9.17, 15) is 4.79 Å². The summed E-state index contributed by atoms with van der Waals surface area (Å²) in [5, 5.41) is 8.65. The Hall–Kier alpha value is -1.25. The highest BCUT2D eigenvalue weighted by Gasteiger charge is 2.07. The molecule has 0 aliphatic carbocycles. The van der Waals surface area contributed by atoms with Crippen molar-refractivity contribution in [3.63, 3.8) is 0 Å². The average molecular weight is 183 g/mol. The SMILES string of the molecule is C=C(C(=O)O)/C(C)=C\N(C)C(C)C. The number of rotatable bonds is 4. The Morgan fingerprint density at radius 1 is 1.54 bits per heavy atom. The van der Waals surface area contributed by atoms with Gasteiger partial charge in [-0.2, -0.15) is 0 Å². The largest absolute Gasteiger partial charge is 0.478 e. The number of hydrogen-bond acceptors (Lipinski definition) is 2. The molecule has 0 bridgehead atoms. The molecular weight excluding hydrogens is 166 g/mol. The summed E-state index contributed by atoms with van der Waals surface area (Å²) in [6, 6.07) is 0.358. The van der Waals surface area contributed by atoms with Gasteiger partial charge in [0.1, 0.15) is 0 Å². The van der Waals surface area contributed by atoms with E-state index in [-0.39, 0.29) is 5.57 Å². The average Bonchev–Trinajstić information content (AvgIpc) is 2.02. The monoisotopic (exact) mass is 183 g/mol. The Labute approximate surface area is 79.4 Å². The lowest BCUT2D eigenvalue weighted by molar-refractivity contribution is -0.132. The first-order chi connectivity index (χ1) is 5.86. The summed E-state index contributed by atoms with van der Waals surface area (Å²) < 4.78 is 0. The maximum absolute atomic E-state index is 10.5. The molecule has 0 aliphatic heterocycles. The third-order valence-electron chi connectivity index (χ3n) is 1.95. The van der Waals surface area contributed by atoms with Crippen LogP contribution in [-0.2, 0) is 4.79 Å². The van der Waals surface area contributed by atoms with E-state index in [2.05, 4.69) is 6.58 Å². The van der Waals surface area contributed by atoms with Gasteiger partial charge in [0.2, 0.25) is 0 Å². The van der Waals surface area contributed by atoms with E-state index in [1.165, 1.54) is 0 Å². The fourth-order valence-corrected chi connectivity index (χ4v) is 0.701. The van der Waals surface area contributed by atoms with Gasteiger partial charge in [-0.15, -0.1) is 0 Å². The van der Waals surface area contributed by atoms with Crippen LogP contribution in [0.15, 0.2) is 23.9 Å². The van der Waals surface area contributed by atoms with Crippen molar-refractivity contribution in [2.45, 2.75) is 26.8 Å². The minimum atomic E-state index is -0.967. The Morgan fingerprint density at radius 3 is 2.31 bits per heavy atom. The minimum absolute atomic E-state index is 0.146. The van der Waals surface area contributed by atoms with Crippen LogP contribution in [0.2, 0.25) is 0 Å². The zero-order chi connectivity index (χ0) is 10.6. The molecule has 0 radical (unpaired) electrons. The highest BCUT2D eigenvalue weighted by Crippen LogP contribution is 2.08. The van der Waals surface area contributed by atoms with Crippen LogP contribution in [0.4, 0.5) is 0 Å². The fourth-order valence-electron chi connectivity index (χ4n) is 0.701. The molecule has 0 heterocycles. The zero-order valence-corrected chi connectivity index (χ0v) is 8.66. The van der Waals surface area contributed by atoms with Crippen LogP contribution in [0, 0.1) is 0 Å². The number of nitrogens with zero attached hydrogens (tertiary/aromatic N) is 1. The standard InChI is InChI=1S/C10H17NO2/c1-7(2)11(5)6-8(3)9(4)10(12)13/h6-7H,4H2,1-3,5H3,(H,12,13)/b8-6-. The van der Waals surface area contributed by atoms with Gasteiger partial charge >= 0.3 is 5.97 Å². The summed E-state index contributed by atoms with van der Waals surface area (Å²) >= 11 is 0. The van der Waals surface area contributed by atoms with E-state index in [1.54, 1.807) is 13.1 Å². The van der Waals surface area contributed by atoms with Crippen LogP contribution in [0.1, 0.15) is 20.8 Å². The molecule has 0 atom stereocenters. The van der Waals surface area contributed by atoms with E-state index >= 15 is 0 Å². The molecule has 0 aliphatic rings. The molecule has 0 spiro atoms. The fraction of sp³-hybridized carbons (Fsp3) is 0.500. The van der Waals surface area contributed by atoms with Gasteiger partial charge in [0, 0.05) is 19.3 Å². The van der Waals surface area contributed by atoms with Crippen molar-refractivity contribution in [1.29, 1.82) is 0 Å². The van der Waals surface area contributed by atoms with Crippen molar-refractivity contribution >= 4 is 5.97 Å². The molecule has 0 amide bonds. The Kier molecular flexibility index (Phi) is 4.25. The minimum Gasteiger partial charge on any atom is -0.478 e. The van der Waals surface area contributed by atoms with E-state index < -0.39 is 5.97 Å². The molecular formula is C10H17NO2.